The number of hydroxylamine groups is 2. The molecule has 1 spiro atoms. The summed E-state index contributed by atoms with van der Waals surface area (Å²) in [7, 11) is 0. The number of amides is 3. The number of nitrogens with one attached hydrogen (secondary N) is 1. The molecule has 4 heterocycles. The number of imide groups is 1. The van der Waals surface area contributed by atoms with E-state index in [0.29, 0.717) is 24.5 Å². The van der Waals surface area contributed by atoms with Crippen molar-refractivity contribution < 1.29 is 57.3 Å². The van der Waals surface area contributed by atoms with Crippen LogP contribution in [0.2, 0.25) is 0 Å². The fraction of sp³-hybridized carbons (Fsp3) is 0.541. The van der Waals surface area contributed by atoms with E-state index in [1.54, 1.807) is 13.0 Å². The Morgan fingerprint density at radius 1 is 1.12 bits per heavy atom. The summed E-state index contributed by atoms with van der Waals surface area (Å²) in [4.78, 5) is 66.0. The van der Waals surface area contributed by atoms with Crippen LogP contribution in [0.5, 0.6) is 0 Å². The third-order valence-electron chi connectivity index (χ3n) is 9.54. The van der Waals surface area contributed by atoms with Gasteiger partial charge in [0.05, 0.1) is 42.9 Å². The standard InChI is InChI=1S/C37H45FN2O11/c1-21(6-13-30-35(45)37(20-47-37)19-27(50-30)18-34(44)51-40-32(42)15-16-33(40)43)5-12-29-22(2)17-28(24(4)49-29)39-31(41)14-7-23(3)48-36(46)25-8-10-26(38)11-9-25/h5-11,13-14,22-24,27-30,35,45H,12,15-20H2,1-4H3,(H,39,41)/b13-6+,14-7-,21-5+/t22-,23?,24+,27+,28+,29-,30+,35+,37+/m0/s1. The second-order valence-corrected chi connectivity index (χ2v) is 13.7. The highest BCUT2D eigenvalue weighted by molar-refractivity contribution is 6.01. The zero-order valence-corrected chi connectivity index (χ0v) is 29.1. The lowest BCUT2D eigenvalue weighted by molar-refractivity contribution is -0.202. The van der Waals surface area contributed by atoms with Crippen molar-refractivity contribution in [3.05, 3.63) is 71.6 Å². The molecule has 1 aromatic rings. The van der Waals surface area contributed by atoms with Gasteiger partial charge in [-0.3, -0.25) is 14.4 Å². The highest BCUT2D eigenvalue weighted by Crippen LogP contribution is 2.43. The van der Waals surface area contributed by atoms with Crippen LogP contribution in [0, 0.1) is 11.7 Å². The Morgan fingerprint density at radius 3 is 2.47 bits per heavy atom. The number of aliphatic hydroxyl groups is 1. The maximum absolute atomic E-state index is 13.1. The molecule has 276 valence electrons. The van der Waals surface area contributed by atoms with Crippen LogP contribution in [0.4, 0.5) is 4.39 Å². The van der Waals surface area contributed by atoms with Crippen molar-refractivity contribution in [2.45, 2.75) is 114 Å². The molecule has 0 saturated carbocycles. The topological polar surface area (TPSA) is 170 Å². The van der Waals surface area contributed by atoms with Crippen molar-refractivity contribution in [2.24, 2.45) is 5.92 Å². The lowest BCUT2D eigenvalue weighted by Gasteiger charge is -2.39. The molecule has 14 heteroatoms. The molecule has 4 aliphatic heterocycles. The van der Waals surface area contributed by atoms with E-state index in [2.05, 4.69) is 12.2 Å². The van der Waals surface area contributed by atoms with Gasteiger partial charge in [0.15, 0.2) is 0 Å². The molecule has 1 unspecified atom stereocenters. The van der Waals surface area contributed by atoms with Crippen LogP contribution in [-0.2, 0) is 43.0 Å². The summed E-state index contributed by atoms with van der Waals surface area (Å²) in [5.74, 6) is -3.19. The third kappa shape index (κ3) is 9.97. The van der Waals surface area contributed by atoms with Gasteiger partial charge in [-0.2, -0.15) is 0 Å². The number of aliphatic hydroxyl groups excluding tert-OH is 1. The summed E-state index contributed by atoms with van der Waals surface area (Å²) in [6.07, 6.45) is 6.36. The fourth-order valence-corrected chi connectivity index (χ4v) is 6.43. The second-order valence-electron chi connectivity index (χ2n) is 13.7. The van der Waals surface area contributed by atoms with Crippen LogP contribution in [0.15, 0.2) is 60.2 Å². The molecule has 13 nitrogen and oxygen atoms in total. The monoisotopic (exact) mass is 712 g/mol. The number of epoxide rings is 1. The maximum atomic E-state index is 13.1. The minimum absolute atomic E-state index is 0.00135. The summed E-state index contributed by atoms with van der Waals surface area (Å²) in [5.41, 5.74) is 0.290. The van der Waals surface area contributed by atoms with E-state index in [9.17, 15) is 33.5 Å². The SMILES string of the molecule is CC(/C=C/[C@H]1O[C@H](CC(=O)ON2C(=O)CCC2=O)C[C@@]2(CO2)[C@@H]1O)=C\C[C@@H]1O[C@H](C)[C@H](NC(=O)/C=C\C(C)OC(=O)c2ccc(F)cc2)C[C@@H]1C. The summed E-state index contributed by atoms with van der Waals surface area (Å²) in [6, 6.07) is 4.78. The number of esters is 1. The lowest BCUT2D eigenvalue weighted by Crippen LogP contribution is -2.50. The zero-order valence-electron chi connectivity index (χ0n) is 29.1. The summed E-state index contributed by atoms with van der Waals surface area (Å²) in [6.45, 7) is 7.83. The van der Waals surface area contributed by atoms with Gasteiger partial charge in [-0.05, 0) is 69.9 Å². The predicted octanol–water partition coefficient (Wildman–Crippen LogP) is 3.40. The summed E-state index contributed by atoms with van der Waals surface area (Å²) < 4.78 is 36.3. The third-order valence-corrected chi connectivity index (χ3v) is 9.54. The Bertz CT molecular complexity index is 1550. The van der Waals surface area contributed by atoms with Gasteiger partial charge in [0.25, 0.3) is 11.8 Å². The summed E-state index contributed by atoms with van der Waals surface area (Å²) >= 11 is 0. The summed E-state index contributed by atoms with van der Waals surface area (Å²) in [5, 5.41) is 14.4. The van der Waals surface area contributed by atoms with Crippen LogP contribution in [-0.4, -0.2) is 94.7 Å². The Hall–Kier alpha value is -4.24. The van der Waals surface area contributed by atoms with Gasteiger partial charge in [-0.15, -0.1) is 5.06 Å². The lowest BCUT2D eigenvalue weighted by atomic mass is 9.87. The molecule has 4 fully saturated rings. The first-order valence-corrected chi connectivity index (χ1v) is 17.2. The highest BCUT2D eigenvalue weighted by Gasteiger charge is 2.58. The average Bonchev–Trinajstić information content (AvgIpc) is 3.79. The molecule has 0 aliphatic carbocycles. The first-order valence-electron chi connectivity index (χ1n) is 17.2. The van der Waals surface area contributed by atoms with E-state index in [1.807, 2.05) is 26.0 Å². The van der Waals surface area contributed by atoms with Crippen LogP contribution >= 0.6 is 0 Å². The van der Waals surface area contributed by atoms with Gasteiger partial charge < -0.3 is 34.2 Å². The van der Waals surface area contributed by atoms with E-state index in [4.69, 9.17) is 23.8 Å². The van der Waals surface area contributed by atoms with Crippen molar-refractivity contribution in [1.82, 2.24) is 10.4 Å². The zero-order chi connectivity index (χ0) is 36.9. The number of hydrogen-bond acceptors (Lipinski definition) is 11. The molecule has 4 aliphatic rings. The molecule has 1 aromatic carbocycles. The number of ether oxygens (including phenoxy) is 4. The molecule has 2 N–H and O–H groups in total. The predicted molar refractivity (Wildman–Crippen MR) is 178 cm³/mol. The molecule has 5 rings (SSSR count). The highest BCUT2D eigenvalue weighted by atomic mass is 19.1. The largest absolute Gasteiger partial charge is 0.455 e. The number of allylic oxidation sites excluding steroid dienone is 2. The van der Waals surface area contributed by atoms with Gasteiger partial charge in [0, 0.05) is 25.3 Å². The van der Waals surface area contributed by atoms with E-state index >= 15 is 0 Å². The number of rotatable bonds is 12. The molecular weight excluding hydrogens is 667 g/mol. The van der Waals surface area contributed by atoms with Crippen molar-refractivity contribution in [2.75, 3.05) is 6.61 Å². The van der Waals surface area contributed by atoms with Crippen molar-refractivity contribution in [3.8, 4) is 0 Å². The molecule has 0 aromatic heterocycles. The van der Waals surface area contributed by atoms with Crippen LogP contribution in [0.25, 0.3) is 0 Å². The normalized spacial score (nSPS) is 31.7. The van der Waals surface area contributed by atoms with Gasteiger partial charge in [0.1, 0.15) is 29.7 Å². The van der Waals surface area contributed by atoms with Crippen LogP contribution in [0.3, 0.4) is 0 Å². The minimum atomic E-state index is -0.945. The smallest absolute Gasteiger partial charge is 0.338 e. The number of carbonyl (C=O) groups is 5. The number of hydrogen-bond donors (Lipinski definition) is 2. The minimum Gasteiger partial charge on any atom is -0.455 e. The van der Waals surface area contributed by atoms with Gasteiger partial charge in [0.2, 0.25) is 5.91 Å². The molecule has 4 saturated heterocycles. The van der Waals surface area contributed by atoms with Crippen LogP contribution in [0.1, 0.15) is 76.6 Å². The van der Waals surface area contributed by atoms with Crippen molar-refractivity contribution >= 4 is 29.7 Å². The number of halogens is 1. The van der Waals surface area contributed by atoms with Crippen molar-refractivity contribution in [3.63, 3.8) is 0 Å². The molecular formula is C37H45FN2O11. The van der Waals surface area contributed by atoms with Gasteiger partial charge >= 0.3 is 11.9 Å². The van der Waals surface area contributed by atoms with E-state index < -0.39 is 59.6 Å². The quantitative estimate of drug-likeness (QED) is 0.107. The Labute approximate surface area is 295 Å². The Morgan fingerprint density at radius 2 is 1.80 bits per heavy atom. The molecule has 9 atom stereocenters. The van der Waals surface area contributed by atoms with Gasteiger partial charge in [-0.25, -0.2) is 14.0 Å². The molecule has 0 radical (unpaired) electrons. The Kier molecular flexibility index (Phi) is 12.2. The number of carbonyl (C=O) groups excluding carboxylic acids is 5. The number of nitrogens with zero attached hydrogens (tertiary/aromatic N) is 1. The molecule has 0 bridgehead atoms. The van der Waals surface area contributed by atoms with E-state index in [1.165, 1.54) is 36.4 Å². The van der Waals surface area contributed by atoms with Crippen LogP contribution < -0.4 is 5.32 Å². The number of benzene rings is 1. The average molecular weight is 713 g/mol. The molecule has 3 amide bonds. The Balaban J connectivity index is 1.07. The van der Waals surface area contributed by atoms with Gasteiger partial charge in [-0.1, -0.05) is 30.7 Å². The first-order chi connectivity index (χ1) is 24.2. The second kappa shape index (κ2) is 16.4. The maximum Gasteiger partial charge on any atom is 0.338 e. The first kappa shape index (κ1) is 38.0. The van der Waals surface area contributed by atoms with E-state index in [-0.39, 0.29) is 61.3 Å². The van der Waals surface area contributed by atoms with E-state index in [0.717, 1.165) is 5.57 Å². The fourth-order valence-electron chi connectivity index (χ4n) is 6.43. The van der Waals surface area contributed by atoms with Crippen molar-refractivity contribution in [1.29, 1.82) is 0 Å². The molecule has 51 heavy (non-hydrogen) atoms.